The fourth-order valence-electron chi connectivity index (χ4n) is 3.54. The second kappa shape index (κ2) is 8.53. The van der Waals surface area contributed by atoms with Crippen LogP contribution in [0, 0.1) is 18.7 Å². The number of aliphatic hydroxyl groups is 1. The number of nitrogens with one attached hydrogen (secondary N) is 2. The molecule has 0 spiro atoms. The molecule has 1 aromatic heterocycles. The van der Waals surface area contributed by atoms with E-state index in [1.54, 1.807) is 18.2 Å². The summed E-state index contributed by atoms with van der Waals surface area (Å²) < 4.78 is 19.1. The third kappa shape index (κ3) is 4.85. The van der Waals surface area contributed by atoms with E-state index < -0.39 is 5.60 Å². The van der Waals surface area contributed by atoms with Gasteiger partial charge in [-0.05, 0) is 31.9 Å². The summed E-state index contributed by atoms with van der Waals surface area (Å²) in [4.78, 5) is 22.9. The quantitative estimate of drug-likeness (QED) is 0.656. The van der Waals surface area contributed by atoms with E-state index in [2.05, 4.69) is 20.6 Å². The number of anilines is 1. The van der Waals surface area contributed by atoms with Crippen molar-refractivity contribution in [2.24, 2.45) is 5.92 Å². The van der Waals surface area contributed by atoms with Crippen LogP contribution in [0.4, 0.5) is 10.3 Å². The smallest absolute Gasteiger partial charge is 0.228 e. The number of nitrogens with zero attached hydrogens (tertiary/aromatic N) is 3. The zero-order chi connectivity index (χ0) is 21.1. The van der Waals surface area contributed by atoms with Gasteiger partial charge in [-0.2, -0.15) is 4.98 Å². The van der Waals surface area contributed by atoms with Gasteiger partial charge in [-0.3, -0.25) is 4.79 Å². The predicted octanol–water partition coefficient (Wildman–Crippen LogP) is 1.38. The van der Waals surface area contributed by atoms with Gasteiger partial charge in [0, 0.05) is 50.6 Å². The molecule has 0 radical (unpaired) electrons. The molecule has 2 aliphatic rings. The van der Waals surface area contributed by atoms with Gasteiger partial charge in [-0.15, -0.1) is 0 Å². The summed E-state index contributed by atoms with van der Waals surface area (Å²) in [7, 11) is 0. The minimum absolute atomic E-state index is 0.00546. The Hall–Kier alpha value is -2.78. The van der Waals surface area contributed by atoms with Crippen molar-refractivity contribution in [2.45, 2.75) is 25.4 Å². The number of carbonyl (C=O) groups excluding carboxylic acids is 1. The molecular weight excluding hydrogens is 389 g/mol. The van der Waals surface area contributed by atoms with E-state index in [-0.39, 0.29) is 24.2 Å². The molecule has 3 heterocycles. The molecule has 2 saturated heterocycles. The van der Waals surface area contributed by atoms with Gasteiger partial charge in [-0.25, -0.2) is 9.37 Å². The number of hydrogen-bond acceptors (Lipinski definition) is 7. The molecule has 9 heteroatoms. The number of rotatable bonds is 6. The van der Waals surface area contributed by atoms with Crippen LogP contribution in [0.25, 0.3) is 0 Å². The Morgan fingerprint density at radius 1 is 1.33 bits per heavy atom. The van der Waals surface area contributed by atoms with Crippen LogP contribution in [-0.4, -0.2) is 59.3 Å². The highest BCUT2D eigenvalue weighted by molar-refractivity contribution is 5.80. The molecule has 0 saturated carbocycles. The highest BCUT2D eigenvalue weighted by Crippen LogP contribution is 2.27. The normalized spacial score (nSPS) is 18.6. The van der Waals surface area contributed by atoms with Gasteiger partial charge in [0.15, 0.2) is 0 Å². The largest absolute Gasteiger partial charge is 0.439 e. The van der Waals surface area contributed by atoms with E-state index >= 15 is 0 Å². The third-order valence-electron chi connectivity index (χ3n) is 5.56. The van der Waals surface area contributed by atoms with Gasteiger partial charge in [0.2, 0.25) is 17.7 Å². The molecule has 3 N–H and O–H groups in total. The molecule has 1 aromatic carbocycles. The number of aryl methyl sites for hydroxylation is 1. The zero-order valence-electron chi connectivity index (χ0n) is 16.9. The van der Waals surface area contributed by atoms with Crippen LogP contribution in [0.2, 0.25) is 0 Å². The lowest BCUT2D eigenvalue weighted by Crippen LogP contribution is -2.55. The van der Waals surface area contributed by atoms with Crippen molar-refractivity contribution in [3.63, 3.8) is 0 Å². The first kappa shape index (κ1) is 20.5. The van der Waals surface area contributed by atoms with E-state index in [1.807, 2.05) is 11.8 Å². The summed E-state index contributed by atoms with van der Waals surface area (Å²) in [6, 6.07) is 7.58. The van der Waals surface area contributed by atoms with E-state index in [1.165, 1.54) is 12.1 Å². The third-order valence-corrected chi connectivity index (χ3v) is 5.56. The van der Waals surface area contributed by atoms with E-state index in [0.717, 1.165) is 5.69 Å². The molecule has 2 fully saturated rings. The number of benzene rings is 1. The van der Waals surface area contributed by atoms with Crippen molar-refractivity contribution in [1.29, 1.82) is 0 Å². The minimum Gasteiger partial charge on any atom is -0.439 e. The van der Waals surface area contributed by atoms with Gasteiger partial charge in [0.05, 0.1) is 11.5 Å². The molecule has 2 aromatic rings. The second-order valence-corrected chi connectivity index (χ2v) is 7.99. The Balaban J connectivity index is 1.36. The predicted molar refractivity (Wildman–Crippen MR) is 109 cm³/mol. The number of amides is 1. The first-order valence-corrected chi connectivity index (χ1v) is 10.2. The summed E-state index contributed by atoms with van der Waals surface area (Å²) in [5.74, 6) is 0.828. The highest BCUT2D eigenvalue weighted by atomic mass is 19.1. The molecule has 8 nitrogen and oxygen atoms in total. The van der Waals surface area contributed by atoms with Gasteiger partial charge >= 0.3 is 0 Å². The average Bonchev–Trinajstić information content (AvgIpc) is 2.65. The summed E-state index contributed by atoms with van der Waals surface area (Å²) in [5.41, 5.74) is -0.206. The van der Waals surface area contributed by atoms with E-state index in [9.17, 15) is 14.3 Å². The summed E-state index contributed by atoms with van der Waals surface area (Å²) in [5, 5.41) is 16.8. The van der Waals surface area contributed by atoms with Crippen molar-refractivity contribution in [1.82, 2.24) is 20.6 Å². The van der Waals surface area contributed by atoms with Crippen molar-refractivity contribution in [2.75, 3.05) is 37.6 Å². The van der Waals surface area contributed by atoms with Crippen LogP contribution in [0.5, 0.6) is 11.6 Å². The van der Waals surface area contributed by atoms with Crippen LogP contribution in [-0.2, 0) is 4.79 Å². The van der Waals surface area contributed by atoms with Gasteiger partial charge in [0.1, 0.15) is 11.6 Å². The average molecular weight is 415 g/mol. The summed E-state index contributed by atoms with van der Waals surface area (Å²) >= 11 is 0. The van der Waals surface area contributed by atoms with Crippen LogP contribution in [0.3, 0.4) is 0 Å². The fraction of sp³-hybridized carbons (Fsp3) is 0.476. The summed E-state index contributed by atoms with van der Waals surface area (Å²) in [6.07, 6.45) is 0.987. The number of halogens is 1. The maximum Gasteiger partial charge on any atom is 0.228 e. The molecule has 0 aliphatic carbocycles. The molecule has 4 rings (SSSR count). The molecule has 30 heavy (non-hydrogen) atoms. The second-order valence-electron chi connectivity index (χ2n) is 7.99. The van der Waals surface area contributed by atoms with Crippen molar-refractivity contribution in [3.8, 4) is 11.6 Å². The number of hydrogen-bond donors (Lipinski definition) is 3. The fourth-order valence-corrected chi connectivity index (χ4v) is 3.54. The Labute approximate surface area is 174 Å². The molecule has 160 valence electrons. The number of piperidine rings is 1. The minimum atomic E-state index is -0.936. The van der Waals surface area contributed by atoms with Crippen LogP contribution in [0.15, 0.2) is 30.3 Å². The Morgan fingerprint density at radius 2 is 2.10 bits per heavy atom. The van der Waals surface area contributed by atoms with Gasteiger partial charge in [-0.1, -0.05) is 6.07 Å². The van der Waals surface area contributed by atoms with E-state index in [0.29, 0.717) is 56.6 Å². The lowest BCUT2D eigenvalue weighted by molar-refractivity contribution is -0.127. The lowest BCUT2D eigenvalue weighted by Gasteiger charge is -2.38. The van der Waals surface area contributed by atoms with Crippen LogP contribution in [0.1, 0.15) is 18.5 Å². The van der Waals surface area contributed by atoms with Crippen molar-refractivity contribution >= 4 is 11.9 Å². The summed E-state index contributed by atoms with van der Waals surface area (Å²) in [6.45, 7) is 4.60. The number of ether oxygens (including phenoxy) is 1. The molecule has 0 bridgehead atoms. The van der Waals surface area contributed by atoms with E-state index in [4.69, 9.17) is 4.74 Å². The monoisotopic (exact) mass is 415 g/mol. The SMILES string of the molecule is Cc1cc(Oc2cccc(F)c2)nc(N2CCC(O)(CNC(=O)C3CNC3)CC2)n1. The maximum absolute atomic E-state index is 13.4. The Bertz CT molecular complexity index is 913. The number of aromatic nitrogens is 2. The van der Waals surface area contributed by atoms with Crippen molar-refractivity contribution < 1.29 is 19.0 Å². The number of carbonyl (C=O) groups is 1. The lowest BCUT2D eigenvalue weighted by atomic mass is 9.91. The van der Waals surface area contributed by atoms with Gasteiger partial charge < -0.3 is 25.4 Å². The molecule has 0 unspecified atom stereocenters. The molecular formula is C21H26FN5O3. The first-order chi connectivity index (χ1) is 14.4. The van der Waals surface area contributed by atoms with Crippen LogP contribution >= 0.6 is 0 Å². The zero-order valence-corrected chi connectivity index (χ0v) is 16.9. The molecule has 1 amide bonds. The van der Waals surface area contributed by atoms with Crippen LogP contribution < -0.4 is 20.3 Å². The van der Waals surface area contributed by atoms with Crippen molar-refractivity contribution in [3.05, 3.63) is 41.8 Å². The van der Waals surface area contributed by atoms with Gasteiger partial charge in [0.25, 0.3) is 0 Å². The topological polar surface area (TPSA) is 99.6 Å². The molecule has 0 atom stereocenters. The maximum atomic E-state index is 13.4. The highest BCUT2D eigenvalue weighted by Gasteiger charge is 2.35. The molecule has 2 aliphatic heterocycles. The Kier molecular flexibility index (Phi) is 5.83. The standard InChI is InChI=1S/C21H26FN5O3/c1-14-9-18(30-17-4-2-3-16(22)10-17)26-20(25-14)27-7-5-21(29,6-8-27)13-24-19(28)15-11-23-12-15/h2-4,9-10,15,23,29H,5-8,11-13H2,1H3,(H,24,28). The first-order valence-electron chi connectivity index (χ1n) is 10.2. The Morgan fingerprint density at radius 3 is 2.77 bits per heavy atom.